The molecule has 68 valence electrons. The molecule has 0 aliphatic carbocycles. The molecule has 0 aromatic carbocycles. The maximum atomic E-state index is 10.7. The third-order valence-electron chi connectivity index (χ3n) is 2.25. The van der Waals surface area contributed by atoms with Crippen LogP contribution in [0.4, 0.5) is 0 Å². The molecule has 0 radical (unpaired) electrons. The van der Waals surface area contributed by atoms with Crippen molar-refractivity contribution < 1.29 is 9.90 Å². The van der Waals surface area contributed by atoms with Crippen LogP contribution in [0.5, 0.6) is 0 Å². The van der Waals surface area contributed by atoms with Crippen LogP contribution in [0.25, 0.3) is 0 Å². The Morgan fingerprint density at radius 1 is 1.67 bits per heavy atom. The van der Waals surface area contributed by atoms with Crippen LogP contribution in [0.3, 0.4) is 0 Å². The molecular weight excluding hydrogens is 194 g/mol. The molecule has 3 nitrogen and oxygen atoms in total. The third kappa shape index (κ3) is 1.45. The van der Waals surface area contributed by atoms with Gasteiger partial charge in [-0.05, 0) is 12.2 Å². The summed E-state index contributed by atoms with van der Waals surface area (Å²) in [5.41, 5.74) is 0. The van der Waals surface area contributed by atoms with E-state index >= 15 is 0 Å². The maximum Gasteiger partial charge on any atom is 0.321 e. The van der Waals surface area contributed by atoms with Crippen molar-refractivity contribution in [2.24, 2.45) is 0 Å². The predicted octanol–water partition coefficient (Wildman–Crippen LogP) is 0.609. The zero-order valence-electron chi connectivity index (χ0n) is 6.58. The molecule has 2 N–H and O–H groups in total. The summed E-state index contributed by atoms with van der Waals surface area (Å²) in [5.74, 6) is 2.22. The Balaban J connectivity index is 2.01. The van der Waals surface area contributed by atoms with Gasteiger partial charge in [-0.25, -0.2) is 0 Å². The summed E-state index contributed by atoms with van der Waals surface area (Å²) < 4.78 is 0. The van der Waals surface area contributed by atoms with E-state index in [-0.39, 0.29) is 10.9 Å². The van der Waals surface area contributed by atoms with Crippen molar-refractivity contribution >= 4 is 29.5 Å². The molecular formula is C7H11NO2S2. The van der Waals surface area contributed by atoms with Gasteiger partial charge in [-0.1, -0.05) is 0 Å². The number of thioether (sulfide) groups is 2. The van der Waals surface area contributed by atoms with Crippen LogP contribution in [0, 0.1) is 0 Å². The Morgan fingerprint density at radius 2 is 2.50 bits per heavy atom. The van der Waals surface area contributed by atoms with E-state index in [1.165, 1.54) is 0 Å². The Kier molecular flexibility index (Phi) is 2.27. The molecule has 1 spiro atoms. The maximum absolute atomic E-state index is 10.7. The summed E-state index contributed by atoms with van der Waals surface area (Å²) in [4.78, 5) is 10.7. The first kappa shape index (κ1) is 8.72. The molecule has 12 heavy (non-hydrogen) atoms. The summed E-state index contributed by atoms with van der Waals surface area (Å²) in [7, 11) is 0. The van der Waals surface area contributed by atoms with Gasteiger partial charge in [0.05, 0.1) is 4.87 Å². The first-order valence-corrected chi connectivity index (χ1v) is 6.08. The Morgan fingerprint density at radius 3 is 3.00 bits per heavy atom. The Labute approximate surface area is 79.7 Å². The lowest BCUT2D eigenvalue weighted by Crippen LogP contribution is -2.45. The smallest absolute Gasteiger partial charge is 0.321 e. The summed E-state index contributed by atoms with van der Waals surface area (Å²) >= 11 is 3.68. The van der Waals surface area contributed by atoms with E-state index in [9.17, 15) is 4.79 Å². The molecule has 2 rings (SSSR count). The molecule has 0 aromatic heterocycles. The number of hydrogen-bond acceptors (Lipinski definition) is 4. The van der Waals surface area contributed by atoms with Gasteiger partial charge >= 0.3 is 5.97 Å². The lowest BCUT2D eigenvalue weighted by atomic mass is 10.2. The van der Waals surface area contributed by atoms with Crippen molar-refractivity contribution in [3.8, 4) is 0 Å². The summed E-state index contributed by atoms with van der Waals surface area (Å²) in [5, 5.41) is 12.0. The Hall–Kier alpha value is 0.130. The van der Waals surface area contributed by atoms with E-state index in [0.717, 1.165) is 23.7 Å². The van der Waals surface area contributed by atoms with Gasteiger partial charge in [-0.3, -0.25) is 10.1 Å². The van der Waals surface area contributed by atoms with Gasteiger partial charge in [0.15, 0.2) is 0 Å². The predicted molar refractivity (Wildman–Crippen MR) is 51.7 cm³/mol. The van der Waals surface area contributed by atoms with Gasteiger partial charge in [0.25, 0.3) is 0 Å². The molecule has 5 heteroatoms. The second-order valence-corrected chi connectivity index (χ2v) is 5.65. The molecule has 2 aliphatic rings. The minimum absolute atomic E-state index is 0.0910. The average molecular weight is 205 g/mol. The summed E-state index contributed by atoms with van der Waals surface area (Å²) in [6.07, 6.45) is 1.10. The van der Waals surface area contributed by atoms with Crippen molar-refractivity contribution in [2.45, 2.75) is 17.3 Å². The highest BCUT2D eigenvalue weighted by Gasteiger charge is 2.44. The van der Waals surface area contributed by atoms with E-state index in [0.29, 0.717) is 0 Å². The Bertz CT molecular complexity index is 204. The summed E-state index contributed by atoms with van der Waals surface area (Å²) in [6.45, 7) is 0. The molecule has 0 bridgehead atoms. The second kappa shape index (κ2) is 3.12. The zero-order chi connectivity index (χ0) is 8.60. The fraction of sp³-hybridized carbons (Fsp3) is 0.857. The number of nitrogens with one attached hydrogen (secondary N) is 1. The van der Waals surface area contributed by atoms with Gasteiger partial charge < -0.3 is 5.11 Å². The van der Waals surface area contributed by atoms with Crippen molar-refractivity contribution in [3.63, 3.8) is 0 Å². The van der Waals surface area contributed by atoms with Crippen LogP contribution >= 0.6 is 23.5 Å². The molecule has 0 amide bonds. The van der Waals surface area contributed by atoms with Crippen LogP contribution in [0.15, 0.2) is 0 Å². The van der Waals surface area contributed by atoms with Gasteiger partial charge in [0, 0.05) is 11.5 Å². The number of rotatable bonds is 1. The number of hydrogen-bond donors (Lipinski definition) is 2. The minimum Gasteiger partial charge on any atom is -0.480 e. The standard InChI is InChI=1S/C7H11NO2S2/c9-6(10)5-3-12-7(8-5)1-2-11-4-7/h5,8H,1-4H2,(H,9,10)/t5-,7+/m0/s1. The number of carboxylic acid groups (broad SMARTS) is 1. The van der Waals surface area contributed by atoms with Gasteiger partial charge in [0.1, 0.15) is 6.04 Å². The fourth-order valence-corrected chi connectivity index (χ4v) is 4.64. The molecule has 0 aromatic rings. The minimum atomic E-state index is -0.712. The number of aliphatic carboxylic acids is 1. The molecule has 0 unspecified atom stereocenters. The van der Waals surface area contributed by atoms with E-state index < -0.39 is 5.97 Å². The van der Waals surface area contributed by atoms with E-state index in [1.807, 2.05) is 11.8 Å². The van der Waals surface area contributed by atoms with E-state index in [4.69, 9.17) is 5.11 Å². The lowest BCUT2D eigenvalue weighted by molar-refractivity contribution is -0.138. The fourth-order valence-electron chi connectivity index (χ4n) is 1.55. The first-order chi connectivity index (χ1) is 5.72. The topological polar surface area (TPSA) is 49.3 Å². The van der Waals surface area contributed by atoms with Crippen molar-refractivity contribution in [3.05, 3.63) is 0 Å². The SMILES string of the molecule is O=C(O)[C@@H]1CS[C@@]2(CCSC2)N1. The first-order valence-electron chi connectivity index (χ1n) is 3.94. The quantitative estimate of drug-likeness (QED) is 0.657. The normalized spacial score (nSPS) is 40.8. The monoisotopic (exact) mass is 205 g/mol. The van der Waals surface area contributed by atoms with Crippen molar-refractivity contribution in [1.29, 1.82) is 0 Å². The van der Waals surface area contributed by atoms with Gasteiger partial charge in [0.2, 0.25) is 0 Å². The molecule has 2 atom stereocenters. The highest BCUT2D eigenvalue weighted by Crippen LogP contribution is 2.41. The van der Waals surface area contributed by atoms with E-state index in [2.05, 4.69) is 5.32 Å². The lowest BCUT2D eigenvalue weighted by Gasteiger charge is -2.21. The zero-order valence-corrected chi connectivity index (χ0v) is 8.21. The highest BCUT2D eigenvalue weighted by atomic mass is 32.2. The molecule has 2 fully saturated rings. The van der Waals surface area contributed by atoms with Crippen LogP contribution < -0.4 is 5.32 Å². The second-order valence-electron chi connectivity index (χ2n) is 3.14. The van der Waals surface area contributed by atoms with Crippen LogP contribution in [-0.4, -0.2) is 39.2 Å². The number of carboxylic acids is 1. The van der Waals surface area contributed by atoms with Crippen LogP contribution in [0.2, 0.25) is 0 Å². The van der Waals surface area contributed by atoms with Gasteiger partial charge in [-0.15, -0.1) is 11.8 Å². The highest BCUT2D eigenvalue weighted by molar-refractivity contribution is 8.04. The van der Waals surface area contributed by atoms with Crippen LogP contribution in [0.1, 0.15) is 6.42 Å². The average Bonchev–Trinajstić information content (AvgIpc) is 2.62. The largest absolute Gasteiger partial charge is 0.480 e. The van der Waals surface area contributed by atoms with Crippen LogP contribution in [-0.2, 0) is 4.79 Å². The van der Waals surface area contributed by atoms with Crippen molar-refractivity contribution in [2.75, 3.05) is 17.3 Å². The molecule has 2 aliphatic heterocycles. The summed E-state index contributed by atoms with van der Waals surface area (Å²) in [6, 6.07) is -0.325. The molecule has 2 saturated heterocycles. The molecule has 0 saturated carbocycles. The number of carbonyl (C=O) groups is 1. The third-order valence-corrected chi connectivity index (χ3v) is 5.14. The van der Waals surface area contributed by atoms with E-state index in [1.54, 1.807) is 11.8 Å². The molecule has 2 heterocycles. The van der Waals surface area contributed by atoms with Crippen molar-refractivity contribution in [1.82, 2.24) is 5.32 Å². The van der Waals surface area contributed by atoms with Gasteiger partial charge in [-0.2, -0.15) is 11.8 Å².